The van der Waals surface area contributed by atoms with Gasteiger partial charge in [-0.05, 0) is 12.1 Å². The number of ether oxygens (including phenoxy) is 7. The predicted octanol–water partition coefficient (Wildman–Crippen LogP) is 0.639. The van der Waals surface area contributed by atoms with Gasteiger partial charge in [-0.15, -0.1) is 0 Å². The second-order valence-electron chi connectivity index (χ2n) is 6.96. The van der Waals surface area contributed by atoms with Gasteiger partial charge in [0.1, 0.15) is 26.4 Å². The fourth-order valence-corrected chi connectivity index (χ4v) is 2.85. The van der Waals surface area contributed by atoms with Crippen LogP contribution in [0.4, 0.5) is 9.59 Å². The van der Waals surface area contributed by atoms with Crippen LogP contribution in [0.5, 0.6) is 0 Å². The van der Waals surface area contributed by atoms with Gasteiger partial charge in [0.15, 0.2) is 12.2 Å². The van der Waals surface area contributed by atoms with Crippen molar-refractivity contribution in [2.24, 2.45) is 0 Å². The number of cyclic esters (lactones) is 4. The molecule has 15 heteroatoms. The number of benzene rings is 1. The summed E-state index contributed by atoms with van der Waals surface area (Å²) in [4.78, 5) is 81.9. The SMILES string of the molecule is C=CC(=O)OCC(COC(=O)OCC1COC(=O)O1)OC(=O)c1cc2c(cc1C(=O)O)C(=O)OC2=O. The van der Waals surface area contributed by atoms with Gasteiger partial charge in [-0.3, -0.25) is 0 Å². The molecule has 1 aromatic carbocycles. The van der Waals surface area contributed by atoms with E-state index in [1.165, 1.54) is 0 Å². The number of carbonyl (C=O) groups is 7. The molecule has 0 bridgehead atoms. The second kappa shape index (κ2) is 11.0. The molecule has 2 aliphatic rings. The van der Waals surface area contributed by atoms with E-state index in [1.54, 1.807) is 0 Å². The molecule has 1 N–H and O–H groups in total. The summed E-state index contributed by atoms with van der Waals surface area (Å²) in [6.45, 7) is 1.29. The van der Waals surface area contributed by atoms with Gasteiger partial charge in [0.05, 0.1) is 22.3 Å². The highest BCUT2D eigenvalue weighted by Crippen LogP contribution is 2.25. The van der Waals surface area contributed by atoms with Crippen LogP contribution in [-0.2, 0) is 38.0 Å². The molecular formula is C21H16O15. The van der Waals surface area contributed by atoms with Gasteiger partial charge in [0, 0.05) is 6.08 Å². The van der Waals surface area contributed by atoms with Crippen LogP contribution in [0, 0.1) is 0 Å². The van der Waals surface area contributed by atoms with Crippen molar-refractivity contribution >= 4 is 42.2 Å². The zero-order chi connectivity index (χ0) is 26.4. The monoisotopic (exact) mass is 508 g/mol. The number of hydrogen-bond donors (Lipinski definition) is 1. The molecule has 190 valence electrons. The number of fused-ring (bicyclic) bond motifs is 1. The number of hydrogen-bond acceptors (Lipinski definition) is 14. The van der Waals surface area contributed by atoms with E-state index in [4.69, 9.17) is 18.9 Å². The van der Waals surface area contributed by atoms with Gasteiger partial charge in [-0.25, -0.2) is 33.6 Å². The standard InChI is InChI=1S/C21H16O15/c1-2-15(22)30-5-9(6-31-20(28)32-7-10-8-33-21(29)35-10)34-17(25)12-4-14-13(3-11(12)16(23)24)18(26)36-19(14)27/h2-4,9-10H,1,5-8H2,(H,23,24). The first-order valence-corrected chi connectivity index (χ1v) is 9.90. The van der Waals surface area contributed by atoms with Crippen LogP contribution in [0.25, 0.3) is 0 Å². The average Bonchev–Trinajstić information content (AvgIpc) is 3.39. The molecule has 1 saturated heterocycles. The number of rotatable bonds is 10. The van der Waals surface area contributed by atoms with E-state index in [9.17, 15) is 38.7 Å². The highest BCUT2D eigenvalue weighted by Gasteiger charge is 2.34. The summed E-state index contributed by atoms with van der Waals surface area (Å²) in [5.41, 5.74) is -2.02. The Balaban J connectivity index is 1.70. The van der Waals surface area contributed by atoms with E-state index in [2.05, 4.69) is 20.8 Å². The van der Waals surface area contributed by atoms with Crippen molar-refractivity contribution in [3.63, 3.8) is 0 Å². The fraction of sp³-hybridized carbons (Fsp3) is 0.286. The molecular weight excluding hydrogens is 492 g/mol. The Hall–Kier alpha value is -4.95. The van der Waals surface area contributed by atoms with E-state index in [-0.39, 0.29) is 17.7 Å². The predicted molar refractivity (Wildman–Crippen MR) is 107 cm³/mol. The molecule has 0 aromatic heterocycles. The lowest BCUT2D eigenvalue weighted by Gasteiger charge is -2.18. The quantitative estimate of drug-likeness (QED) is 0.199. The molecule has 1 fully saturated rings. The summed E-state index contributed by atoms with van der Waals surface area (Å²) in [6, 6.07) is 1.59. The van der Waals surface area contributed by atoms with Gasteiger partial charge in [-0.1, -0.05) is 6.58 Å². The molecule has 0 aliphatic carbocycles. The molecule has 2 atom stereocenters. The van der Waals surface area contributed by atoms with Crippen LogP contribution >= 0.6 is 0 Å². The smallest absolute Gasteiger partial charge is 0.478 e. The Kier molecular flexibility index (Phi) is 7.83. The van der Waals surface area contributed by atoms with E-state index < -0.39 is 85.3 Å². The van der Waals surface area contributed by atoms with Crippen LogP contribution < -0.4 is 0 Å². The lowest BCUT2D eigenvalue weighted by Crippen LogP contribution is -2.32. The summed E-state index contributed by atoms with van der Waals surface area (Å²) in [5.74, 6) is -6.03. The van der Waals surface area contributed by atoms with Crippen LogP contribution in [0.15, 0.2) is 24.8 Å². The summed E-state index contributed by atoms with van der Waals surface area (Å²) >= 11 is 0. The highest BCUT2D eigenvalue weighted by atomic mass is 16.8. The van der Waals surface area contributed by atoms with E-state index >= 15 is 0 Å². The third-order valence-electron chi connectivity index (χ3n) is 4.51. The number of carboxylic acid groups (broad SMARTS) is 1. The molecule has 1 aromatic rings. The minimum atomic E-state index is -1.62. The maximum Gasteiger partial charge on any atom is 0.508 e. The first kappa shape index (κ1) is 25.7. The third kappa shape index (κ3) is 6.13. The van der Waals surface area contributed by atoms with E-state index in [0.29, 0.717) is 0 Å². The fourth-order valence-electron chi connectivity index (χ4n) is 2.85. The molecule has 2 unspecified atom stereocenters. The van der Waals surface area contributed by atoms with Gasteiger partial charge >= 0.3 is 42.2 Å². The van der Waals surface area contributed by atoms with Crippen LogP contribution in [0.1, 0.15) is 41.4 Å². The molecule has 0 amide bonds. The Morgan fingerprint density at radius 2 is 1.67 bits per heavy atom. The molecule has 0 saturated carbocycles. The lowest BCUT2D eigenvalue weighted by atomic mass is 9.99. The lowest BCUT2D eigenvalue weighted by molar-refractivity contribution is -0.141. The van der Waals surface area contributed by atoms with Crippen molar-refractivity contribution in [2.75, 3.05) is 26.4 Å². The molecule has 0 radical (unpaired) electrons. The highest BCUT2D eigenvalue weighted by molar-refractivity contribution is 6.17. The molecule has 0 spiro atoms. The zero-order valence-electron chi connectivity index (χ0n) is 18.1. The minimum absolute atomic E-state index is 0.143. The second-order valence-corrected chi connectivity index (χ2v) is 6.96. The van der Waals surface area contributed by atoms with Gasteiger partial charge in [0.25, 0.3) is 0 Å². The van der Waals surface area contributed by atoms with Crippen LogP contribution in [0.3, 0.4) is 0 Å². The van der Waals surface area contributed by atoms with Crippen molar-refractivity contribution in [1.29, 1.82) is 0 Å². The van der Waals surface area contributed by atoms with Crippen LogP contribution in [-0.4, -0.2) is 85.9 Å². The van der Waals surface area contributed by atoms with Crippen molar-refractivity contribution in [3.05, 3.63) is 47.0 Å². The Morgan fingerprint density at radius 3 is 2.25 bits per heavy atom. The molecule has 2 aliphatic heterocycles. The van der Waals surface area contributed by atoms with Crippen molar-refractivity contribution in [1.82, 2.24) is 0 Å². The van der Waals surface area contributed by atoms with Crippen LogP contribution in [0.2, 0.25) is 0 Å². The Morgan fingerprint density at radius 1 is 1.03 bits per heavy atom. The van der Waals surface area contributed by atoms with Crippen molar-refractivity contribution in [2.45, 2.75) is 12.2 Å². The number of esters is 4. The third-order valence-corrected chi connectivity index (χ3v) is 4.51. The normalized spacial score (nSPS) is 16.6. The van der Waals surface area contributed by atoms with Crippen molar-refractivity contribution in [3.8, 4) is 0 Å². The summed E-state index contributed by atoms with van der Waals surface area (Å²) in [5, 5.41) is 9.43. The Bertz CT molecular complexity index is 1150. The molecule has 3 rings (SSSR count). The maximum atomic E-state index is 12.7. The maximum absolute atomic E-state index is 12.7. The first-order chi connectivity index (χ1) is 17.1. The number of aromatic carboxylic acids is 1. The van der Waals surface area contributed by atoms with Gasteiger partial charge in [-0.2, -0.15) is 0 Å². The average molecular weight is 508 g/mol. The number of carbonyl (C=O) groups excluding carboxylic acids is 6. The first-order valence-electron chi connectivity index (χ1n) is 9.90. The largest absolute Gasteiger partial charge is 0.508 e. The summed E-state index contributed by atoms with van der Waals surface area (Å²) in [7, 11) is 0. The topological polar surface area (TPSA) is 204 Å². The molecule has 36 heavy (non-hydrogen) atoms. The zero-order valence-corrected chi connectivity index (χ0v) is 18.1. The summed E-state index contributed by atoms with van der Waals surface area (Å²) in [6.07, 6.45) is -3.70. The minimum Gasteiger partial charge on any atom is -0.478 e. The number of carboxylic acids is 1. The molecule has 15 nitrogen and oxygen atoms in total. The Labute approximate surface area is 200 Å². The molecule has 2 heterocycles. The van der Waals surface area contributed by atoms with E-state index in [0.717, 1.165) is 18.2 Å². The summed E-state index contributed by atoms with van der Waals surface area (Å²) < 4.78 is 33.0. The van der Waals surface area contributed by atoms with Crippen molar-refractivity contribution < 1.29 is 71.8 Å². The van der Waals surface area contributed by atoms with Gasteiger partial charge in [0.2, 0.25) is 0 Å². The van der Waals surface area contributed by atoms with E-state index in [1.807, 2.05) is 0 Å². The van der Waals surface area contributed by atoms with Gasteiger partial charge < -0.3 is 38.3 Å².